The minimum absolute atomic E-state index is 0. The Morgan fingerprint density at radius 1 is 1.12 bits per heavy atom. The Morgan fingerprint density at radius 2 is 1.76 bits per heavy atom. The molecule has 3 N–H and O–H groups in total. The van der Waals surface area contributed by atoms with Crippen molar-refractivity contribution in [1.29, 1.82) is 0 Å². The first-order chi connectivity index (χ1) is 11.5. The molecule has 1 unspecified atom stereocenters. The first-order valence-corrected chi connectivity index (χ1v) is 8.27. The lowest BCUT2D eigenvalue weighted by molar-refractivity contribution is -0.123. The number of hydrogen-bond acceptors (Lipinski definition) is 3. The minimum atomic E-state index is -0.228. The first-order valence-electron chi connectivity index (χ1n) is 8.27. The monoisotopic (exact) mass is 362 g/mol. The van der Waals surface area contributed by atoms with E-state index >= 15 is 0 Å². The lowest BCUT2D eigenvalue weighted by Gasteiger charge is -2.15. The van der Waals surface area contributed by atoms with E-state index < -0.39 is 0 Å². The van der Waals surface area contributed by atoms with E-state index in [1.165, 1.54) is 5.56 Å². The van der Waals surface area contributed by atoms with Crippen molar-refractivity contribution in [3.8, 4) is 5.75 Å². The molecule has 0 heterocycles. The van der Waals surface area contributed by atoms with Crippen molar-refractivity contribution in [2.45, 2.75) is 32.7 Å². The second kappa shape index (κ2) is 10.1. The Hall–Kier alpha value is -2.04. The minimum Gasteiger partial charge on any atom is -0.484 e. The zero-order valence-electron chi connectivity index (χ0n) is 15.0. The van der Waals surface area contributed by atoms with Crippen LogP contribution in [0.1, 0.15) is 42.5 Å². The standard InChI is InChI=1S/C20H26N2O2.ClH/c1-14(2)16-7-9-17(10-8-16)19(21)12-22-20(23)13-24-18-6-4-5-15(3)11-18;/h4-11,14,19H,12-13,21H2,1-3H3,(H,22,23);1H. The number of carbonyl (C=O) groups is 1. The number of benzene rings is 2. The van der Waals surface area contributed by atoms with E-state index in [9.17, 15) is 4.79 Å². The number of nitrogens with one attached hydrogen (secondary N) is 1. The van der Waals surface area contributed by atoms with Crippen molar-refractivity contribution in [2.75, 3.05) is 13.2 Å². The Labute approximate surface area is 156 Å². The van der Waals surface area contributed by atoms with E-state index in [1.807, 2.05) is 43.3 Å². The van der Waals surface area contributed by atoms with Gasteiger partial charge in [-0.3, -0.25) is 4.79 Å². The van der Waals surface area contributed by atoms with E-state index in [0.29, 0.717) is 18.2 Å². The van der Waals surface area contributed by atoms with Crippen LogP contribution in [-0.2, 0) is 4.79 Å². The van der Waals surface area contributed by atoms with Crippen LogP contribution in [0.15, 0.2) is 48.5 Å². The van der Waals surface area contributed by atoms with Crippen LogP contribution in [0.25, 0.3) is 0 Å². The molecule has 2 rings (SSSR count). The van der Waals surface area contributed by atoms with Crippen LogP contribution in [0.3, 0.4) is 0 Å². The lowest BCUT2D eigenvalue weighted by Crippen LogP contribution is -2.35. The third-order valence-corrected chi connectivity index (χ3v) is 3.91. The van der Waals surface area contributed by atoms with Gasteiger partial charge in [0.1, 0.15) is 5.75 Å². The van der Waals surface area contributed by atoms with Gasteiger partial charge in [-0.1, -0.05) is 50.2 Å². The summed E-state index contributed by atoms with van der Waals surface area (Å²) in [6.45, 7) is 6.67. The van der Waals surface area contributed by atoms with Crippen LogP contribution >= 0.6 is 12.4 Å². The summed E-state index contributed by atoms with van der Waals surface area (Å²) in [5.41, 5.74) is 9.53. The highest BCUT2D eigenvalue weighted by Gasteiger charge is 2.09. The fourth-order valence-electron chi connectivity index (χ4n) is 2.37. The van der Waals surface area contributed by atoms with Crippen molar-refractivity contribution in [1.82, 2.24) is 5.32 Å². The van der Waals surface area contributed by atoms with E-state index in [0.717, 1.165) is 11.1 Å². The summed E-state index contributed by atoms with van der Waals surface area (Å²) in [5.74, 6) is 1.01. The fourth-order valence-corrected chi connectivity index (χ4v) is 2.37. The average molecular weight is 363 g/mol. The van der Waals surface area contributed by atoms with Gasteiger partial charge in [-0.05, 0) is 41.7 Å². The number of halogens is 1. The molecule has 0 spiro atoms. The number of carbonyl (C=O) groups excluding carboxylic acids is 1. The van der Waals surface area contributed by atoms with Gasteiger partial charge in [0.05, 0.1) is 0 Å². The molecule has 0 aliphatic heterocycles. The molecular weight excluding hydrogens is 336 g/mol. The van der Waals surface area contributed by atoms with E-state index in [2.05, 4.69) is 31.3 Å². The largest absolute Gasteiger partial charge is 0.484 e. The number of rotatable bonds is 7. The SMILES string of the molecule is Cc1cccc(OCC(=O)NCC(N)c2ccc(C(C)C)cc2)c1.Cl. The summed E-state index contributed by atoms with van der Waals surface area (Å²) in [4.78, 5) is 11.9. The third kappa shape index (κ3) is 6.77. The molecule has 0 saturated heterocycles. The molecule has 136 valence electrons. The molecule has 25 heavy (non-hydrogen) atoms. The molecule has 2 aromatic rings. The Kier molecular flexibility index (Phi) is 8.46. The zero-order chi connectivity index (χ0) is 17.5. The molecule has 1 atom stereocenters. The second-order valence-electron chi connectivity index (χ2n) is 6.34. The van der Waals surface area contributed by atoms with Gasteiger partial charge in [-0.25, -0.2) is 0 Å². The molecule has 5 heteroatoms. The summed E-state index contributed by atoms with van der Waals surface area (Å²) in [6, 6.07) is 15.6. The van der Waals surface area contributed by atoms with Gasteiger partial charge in [0.15, 0.2) is 6.61 Å². The van der Waals surface area contributed by atoms with Crippen molar-refractivity contribution < 1.29 is 9.53 Å². The number of ether oxygens (including phenoxy) is 1. The van der Waals surface area contributed by atoms with Gasteiger partial charge in [-0.2, -0.15) is 0 Å². The highest BCUT2D eigenvalue weighted by Crippen LogP contribution is 2.17. The summed E-state index contributed by atoms with van der Waals surface area (Å²) < 4.78 is 5.48. The van der Waals surface area contributed by atoms with E-state index in [-0.39, 0.29) is 31.0 Å². The fraction of sp³-hybridized carbons (Fsp3) is 0.350. The van der Waals surface area contributed by atoms with Crippen LogP contribution in [0.5, 0.6) is 5.75 Å². The summed E-state index contributed by atoms with van der Waals surface area (Å²) >= 11 is 0. The molecule has 1 amide bonds. The topological polar surface area (TPSA) is 64.3 Å². The van der Waals surface area contributed by atoms with E-state index in [4.69, 9.17) is 10.5 Å². The molecular formula is C20H27ClN2O2. The normalized spacial score (nSPS) is 11.6. The molecule has 0 aliphatic rings. The van der Waals surface area contributed by atoms with Crippen LogP contribution < -0.4 is 15.8 Å². The molecule has 0 fully saturated rings. The van der Waals surface area contributed by atoms with Gasteiger partial charge in [0.25, 0.3) is 5.91 Å². The Morgan fingerprint density at radius 3 is 2.36 bits per heavy atom. The molecule has 4 nitrogen and oxygen atoms in total. The van der Waals surface area contributed by atoms with Gasteiger partial charge < -0.3 is 15.8 Å². The van der Waals surface area contributed by atoms with Crippen LogP contribution in [0.2, 0.25) is 0 Å². The quantitative estimate of drug-likeness (QED) is 0.788. The molecule has 0 aliphatic carbocycles. The molecule has 2 aromatic carbocycles. The van der Waals surface area contributed by atoms with Crippen molar-refractivity contribution in [2.24, 2.45) is 5.73 Å². The van der Waals surface area contributed by atoms with Gasteiger partial charge in [0, 0.05) is 12.6 Å². The summed E-state index contributed by atoms with van der Waals surface area (Å²) in [6.07, 6.45) is 0. The van der Waals surface area contributed by atoms with Crippen LogP contribution in [0.4, 0.5) is 0 Å². The highest BCUT2D eigenvalue weighted by molar-refractivity contribution is 5.85. The smallest absolute Gasteiger partial charge is 0.258 e. The molecule has 0 bridgehead atoms. The Bertz CT molecular complexity index is 672. The summed E-state index contributed by atoms with van der Waals surface area (Å²) in [5, 5.41) is 2.81. The summed E-state index contributed by atoms with van der Waals surface area (Å²) in [7, 11) is 0. The predicted octanol–water partition coefficient (Wildman–Crippen LogP) is 3.74. The number of nitrogens with two attached hydrogens (primary N) is 1. The van der Waals surface area contributed by atoms with Gasteiger partial charge in [0.2, 0.25) is 0 Å². The van der Waals surface area contributed by atoms with Crippen molar-refractivity contribution in [3.05, 3.63) is 65.2 Å². The maximum absolute atomic E-state index is 11.9. The second-order valence-corrected chi connectivity index (χ2v) is 6.34. The predicted molar refractivity (Wildman–Crippen MR) is 104 cm³/mol. The first kappa shape index (κ1) is 21.0. The zero-order valence-corrected chi connectivity index (χ0v) is 15.8. The molecule has 0 aromatic heterocycles. The average Bonchev–Trinajstić information content (AvgIpc) is 2.58. The maximum atomic E-state index is 11.9. The van der Waals surface area contributed by atoms with Gasteiger partial charge in [-0.15, -0.1) is 12.4 Å². The molecule has 0 saturated carbocycles. The third-order valence-electron chi connectivity index (χ3n) is 3.91. The van der Waals surface area contributed by atoms with Crippen molar-refractivity contribution in [3.63, 3.8) is 0 Å². The molecule has 0 radical (unpaired) electrons. The van der Waals surface area contributed by atoms with Gasteiger partial charge >= 0.3 is 0 Å². The number of aryl methyl sites for hydroxylation is 1. The maximum Gasteiger partial charge on any atom is 0.258 e. The Balaban J connectivity index is 0.00000312. The number of hydrogen-bond donors (Lipinski definition) is 2. The van der Waals surface area contributed by atoms with Crippen molar-refractivity contribution >= 4 is 18.3 Å². The van der Waals surface area contributed by atoms with E-state index in [1.54, 1.807) is 0 Å². The van der Waals surface area contributed by atoms with Crippen LogP contribution in [0, 0.1) is 6.92 Å². The highest BCUT2D eigenvalue weighted by atomic mass is 35.5. The lowest BCUT2D eigenvalue weighted by atomic mass is 9.99. The number of amides is 1. The van der Waals surface area contributed by atoms with Crippen LogP contribution in [-0.4, -0.2) is 19.1 Å².